The van der Waals surface area contributed by atoms with Crippen molar-refractivity contribution in [2.24, 2.45) is 0 Å². The summed E-state index contributed by atoms with van der Waals surface area (Å²) in [4.78, 5) is 23.8. The molecule has 0 aliphatic rings. The number of carbonyl (C=O) groups excluding carboxylic acids is 2. The van der Waals surface area contributed by atoms with Gasteiger partial charge < -0.3 is 19.5 Å². The van der Waals surface area contributed by atoms with E-state index in [-0.39, 0.29) is 11.3 Å². The number of carbonyl (C=O) groups is 2. The average Bonchev–Trinajstić information content (AvgIpc) is 2.61. The Morgan fingerprint density at radius 3 is 2.44 bits per heavy atom. The van der Waals surface area contributed by atoms with Crippen LogP contribution >= 0.6 is 15.9 Å². The lowest BCUT2D eigenvalue weighted by molar-refractivity contribution is -0.119. The lowest BCUT2D eigenvalue weighted by atomic mass is 10.2. The second-order valence-corrected chi connectivity index (χ2v) is 5.73. The van der Waals surface area contributed by atoms with Gasteiger partial charge in [-0.05, 0) is 36.4 Å². The summed E-state index contributed by atoms with van der Waals surface area (Å²) >= 11 is 3.12. The van der Waals surface area contributed by atoms with E-state index in [1.54, 1.807) is 12.1 Å². The number of rotatable bonds is 6. The van der Waals surface area contributed by atoms with E-state index in [4.69, 9.17) is 14.2 Å². The summed E-state index contributed by atoms with van der Waals surface area (Å²) in [5.74, 6) is -1.16. The van der Waals surface area contributed by atoms with Gasteiger partial charge in [-0.25, -0.2) is 9.18 Å². The van der Waals surface area contributed by atoms with Crippen LogP contribution < -0.4 is 14.8 Å². The molecule has 0 saturated carbocycles. The van der Waals surface area contributed by atoms with Crippen LogP contribution in [-0.2, 0) is 9.53 Å². The van der Waals surface area contributed by atoms with Crippen molar-refractivity contribution >= 4 is 33.5 Å². The van der Waals surface area contributed by atoms with Crippen LogP contribution in [0.1, 0.15) is 10.4 Å². The van der Waals surface area contributed by atoms with E-state index in [9.17, 15) is 14.0 Å². The van der Waals surface area contributed by atoms with Gasteiger partial charge >= 0.3 is 5.97 Å². The van der Waals surface area contributed by atoms with Crippen LogP contribution in [0.2, 0.25) is 0 Å². The van der Waals surface area contributed by atoms with Gasteiger partial charge in [-0.1, -0.05) is 15.9 Å². The Hall–Kier alpha value is -2.61. The number of esters is 1. The molecule has 0 heterocycles. The minimum Gasteiger partial charge on any atom is -0.493 e. The highest BCUT2D eigenvalue weighted by atomic mass is 79.9. The van der Waals surface area contributed by atoms with Crippen molar-refractivity contribution in [1.82, 2.24) is 0 Å². The molecule has 0 bridgehead atoms. The van der Waals surface area contributed by atoms with Crippen molar-refractivity contribution in [3.8, 4) is 11.5 Å². The Morgan fingerprint density at radius 2 is 1.80 bits per heavy atom. The molecule has 0 saturated heterocycles. The van der Waals surface area contributed by atoms with E-state index in [0.29, 0.717) is 16.0 Å². The van der Waals surface area contributed by atoms with Crippen LogP contribution in [0.5, 0.6) is 11.5 Å². The van der Waals surface area contributed by atoms with Gasteiger partial charge in [0.1, 0.15) is 5.82 Å². The molecule has 0 spiro atoms. The monoisotopic (exact) mass is 411 g/mol. The fourth-order valence-electron chi connectivity index (χ4n) is 1.95. The highest BCUT2D eigenvalue weighted by Crippen LogP contribution is 2.27. The molecular weight excluding hydrogens is 397 g/mol. The quantitative estimate of drug-likeness (QED) is 0.737. The third-order valence-corrected chi connectivity index (χ3v) is 3.65. The number of amides is 1. The summed E-state index contributed by atoms with van der Waals surface area (Å²) in [6.07, 6.45) is 0. The average molecular weight is 412 g/mol. The molecule has 0 aliphatic heterocycles. The molecule has 8 heteroatoms. The van der Waals surface area contributed by atoms with Crippen LogP contribution in [0.4, 0.5) is 10.1 Å². The number of hydrogen-bond donors (Lipinski definition) is 1. The molecule has 0 aromatic heterocycles. The Labute approximate surface area is 152 Å². The fraction of sp³-hybridized carbons (Fsp3) is 0.176. The standard InChI is InChI=1S/C17H15BrFNO5/c1-23-14-6-3-10(7-15(14)24-2)17(22)25-9-16(21)20-13-5-4-11(18)8-12(13)19/h3-8H,9H2,1-2H3,(H,20,21). The van der Waals surface area contributed by atoms with Crippen molar-refractivity contribution in [1.29, 1.82) is 0 Å². The first kappa shape index (κ1) is 18.7. The van der Waals surface area contributed by atoms with Gasteiger partial charge in [0.05, 0.1) is 25.5 Å². The van der Waals surface area contributed by atoms with Crippen LogP contribution in [0.3, 0.4) is 0 Å². The summed E-state index contributed by atoms with van der Waals surface area (Å²) < 4.78 is 29.3. The first-order chi connectivity index (χ1) is 11.9. The number of ether oxygens (including phenoxy) is 3. The van der Waals surface area contributed by atoms with Crippen LogP contribution in [0.25, 0.3) is 0 Å². The Kier molecular flexibility index (Phi) is 6.35. The lowest BCUT2D eigenvalue weighted by Gasteiger charge is -2.10. The van der Waals surface area contributed by atoms with E-state index < -0.39 is 24.3 Å². The van der Waals surface area contributed by atoms with Crippen molar-refractivity contribution in [3.63, 3.8) is 0 Å². The van der Waals surface area contributed by atoms with Gasteiger partial charge in [0.2, 0.25) is 0 Å². The van der Waals surface area contributed by atoms with Gasteiger partial charge in [0.15, 0.2) is 18.1 Å². The molecule has 132 valence electrons. The Balaban J connectivity index is 1.96. The summed E-state index contributed by atoms with van der Waals surface area (Å²) in [5, 5.41) is 2.33. The molecular formula is C17H15BrFNO5. The number of hydrogen-bond acceptors (Lipinski definition) is 5. The second kappa shape index (κ2) is 8.48. The third-order valence-electron chi connectivity index (χ3n) is 3.16. The molecule has 0 aliphatic carbocycles. The molecule has 6 nitrogen and oxygen atoms in total. The zero-order valence-corrected chi connectivity index (χ0v) is 15.1. The lowest BCUT2D eigenvalue weighted by Crippen LogP contribution is -2.21. The van der Waals surface area contributed by atoms with E-state index in [2.05, 4.69) is 21.2 Å². The maximum Gasteiger partial charge on any atom is 0.338 e. The van der Waals surface area contributed by atoms with Crippen LogP contribution in [-0.4, -0.2) is 32.7 Å². The molecule has 2 rings (SSSR count). The zero-order chi connectivity index (χ0) is 18.4. The molecule has 2 aromatic carbocycles. The molecule has 0 fully saturated rings. The van der Waals surface area contributed by atoms with Crippen molar-refractivity contribution in [2.45, 2.75) is 0 Å². The summed E-state index contributed by atoms with van der Waals surface area (Å²) in [6, 6.07) is 8.66. The largest absolute Gasteiger partial charge is 0.493 e. The summed E-state index contributed by atoms with van der Waals surface area (Å²) in [7, 11) is 2.91. The van der Waals surface area contributed by atoms with Crippen molar-refractivity contribution in [3.05, 3.63) is 52.3 Å². The van der Waals surface area contributed by atoms with Gasteiger partial charge in [-0.15, -0.1) is 0 Å². The van der Waals surface area contributed by atoms with Gasteiger partial charge in [-0.3, -0.25) is 4.79 Å². The molecule has 0 radical (unpaired) electrons. The molecule has 0 unspecified atom stereocenters. The van der Waals surface area contributed by atoms with Gasteiger partial charge in [0, 0.05) is 4.47 Å². The van der Waals surface area contributed by atoms with Crippen molar-refractivity contribution < 1.29 is 28.2 Å². The molecule has 25 heavy (non-hydrogen) atoms. The molecule has 1 N–H and O–H groups in total. The third kappa shape index (κ3) is 4.93. The predicted molar refractivity (Wildman–Crippen MR) is 92.6 cm³/mol. The van der Waals surface area contributed by atoms with E-state index in [0.717, 1.165) is 0 Å². The topological polar surface area (TPSA) is 73.9 Å². The minimum absolute atomic E-state index is 0.00429. The highest BCUT2D eigenvalue weighted by Gasteiger charge is 2.14. The number of methoxy groups -OCH3 is 2. The highest BCUT2D eigenvalue weighted by molar-refractivity contribution is 9.10. The Bertz CT molecular complexity index is 797. The number of benzene rings is 2. The normalized spacial score (nSPS) is 10.1. The Morgan fingerprint density at radius 1 is 1.08 bits per heavy atom. The maximum absolute atomic E-state index is 13.7. The predicted octanol–water partition coefficient (Wildman–Crippen LogP) is 3.40. The molecule has 1 amide bonds. The van der Waals surface area contributed by atoms with Gasteiger partial charge in [0.25, 0.3) is 5.91 Å². The minimum atomic E-state index is -0.715. The maximum atomic E-state index is 13.7. The molecule has 0 atom stereocenters. The number of nitrogens with one attached hydrogen (secondary N) is 1. The molecule has 2 aromatic rings. The van der Waals surface area contributed by atoms with E-state index >= 15 is 0 Å². The first-order valence-electron chi connectivity index (χ1n) is 7.08. The van der Waals surface area contributed by atoms with Crippen LogP contribution in [0, 0.1) is 5.82 Å². The van der Waals surface area contributed by atoms with Crippen molar-refractivity contribution in [2.75, 3.05) is 26.1 Å². The van der Waals surface area contributed by atoms with Gasteiger partial charge in [-0.2, -0.15) is 0 Å². The summed E-state index contributed by atoms with van der Waals surface area (Å²) in [5.41, 5.74) is 0.190. The number of anilines is 1. The summed E-state index contributed by atoms with van der Waals surface area (Å²) in [6.45, 7) is -0.553. The second-order valence-electron chi connectivity index (χ2n) is 4.82. The van der Waals surface area contributed by atoms with E-state index in [1.807, 2.05) is 0 Å². The van der Waals surface area contributed by atoms with Crippen LogP contribution in [0.15, 0.2) is 40.9 Å². The zero-order valence-electron chi connectivity index (χ0n) is 13.5. The van der Waals surface area contributed by atoms with E-state index in [1.165, 1.54) is 38.5 Å². The smallest absolute Gasteiger partial charge is 0.338 e. The fourth-order valence-corrected chi connectivity index (χ4v) is 2.29. The first-order valence-corrected chi connectivity index (χ1v) is 7.88. The SMILES string of the molecule is COc1ccc(C(=O)OCC(=O)Nc2ccc(Br)cc2F)cc1OC. The number of halogens is 2.